The lowest BCUT2D eigenvalue weighted by Gasteiger charge is -2.14. The summed E-state index contributed by atoms with van der Waals surface area (Å²) < 4.78 is 5.21. The Morgan fingerprint density at radius 3 is 2.76 bits per heavy atom. The number of H-pyrrole nitrogens is 1. The van der Waals surface area contributed by atoms with E-state index in [0.29, 0.717) is 26.8 Å². The van der Waals surface area contributed by atoms with E-state index in [0.717, 1.165) is 5.52 Å². The van der Waals surface area contributed by atoms with Crippen LogP contribution in [0.3, 0.4) is 0 Å². The molecule has 0 bridgehead atoms. The third-order valence-corrected chi connectivity index (χ3v) is 4.05. The number of nitrogens with zero attached hydrogens (tertiary/aromatic N) is 1. The molecule has 1 amide bonds. The van der Waals surface area contributed by atoms with Gasteiger partial charge < -0.3 is 15.0 Å². The van der Waals surface area contributed by atoms with Crippen molar-refractivity contribution in [1.29, 1.82) is 0 Å². The Balaban J connectivity index is 1.66. The van der Waals surface area contributed by atoms with Gasteiger partial charge in [0.2, 0.25) is 0 Å². The summed E-state index contributed by atoms with van der Waals surface area (Å²) in [5.41, 5.74) is 2.15. The predicted molar refractivity (Wildman–Crippen MR) is 96.1 cm³/mol. The van der Waals surface area contributed by atoms with Crippen molar-refractivity contribution in [2.75, 3.05) is 5.32 Å². The minimum Gasteiger partial charge on any atom is -0.449 e. The van der Waals surface area contributed by atoms with Gasteiger partial charge in [-0.3, -0.25) is 4.79 Å². The first kappa shape index (κ1) is 17.3. The summed E-state index contributed by atoms with van der Waals surface area (Å²) >= 11 is 11.8. The molecule has 0 saturated heterocycles. The fourth-order valence-corrected chi connectivity index (χ4v) is 2.63. The molecule has 3 aromatic rings. The summed E-state index contributed by atoms with van der Waals surface area (Å²) in [4.78, 5) is 31.4. The average molecular weight is 378 g/mol. The van der Waals surface area contributed by atoms with E-state index in [9.17, 15) is 9.59 Å². The molecular weight excluding hydrogens is 365 g/mol. The van der Waals surface area contributed by atoms with E-state index >= 15 is 0 Å². The number of imidazole rings is 1. The molecule has 25 heavy (non-hydrogen) atoms. The second-order valence-electron chi connectivity index (χ2n) is 5.30. The molecule has 0 spiro atoms. The quantitative estimate of drug-likeness (QED) is 0.671. The number of halogens is 2. The molecule has 0 saturated carbocycles. The summed E-state index contributed by atoms with van der Waals surface area (Å²) in [7, 11) is 0. The zero-order valence-electron chi connectivity index (χ0n) is 13.0. The van der Waals surface area contributed by atoms with Crippen LogP contribution in [0.5, 0.6) is 0 Å². The number of esters is 1. The maximum atomic E-state index is 12.2. The molecule has 0 aliphatic rings. The molecule has 2 N–H and O–H groups in total. The Morgan fingerprint density at radius 1 is 1.20 bits per heavy atom. The predicted octanol–water partition coefficient (Wildman–Crippen LogP) is 4.05. The topological polar surface area (TPSA) is 84.1 Å². The summed E-state index contributed by atoms with van der Waals surface area (Å²) in [5.74, 6) is -1.11. The normalized spacial score (nSPS) is 12.0. The molecule has 6 nitrogen and oxygen atoms in total. The van der Waals surface area contributed by atoms with Crippen molar-refractivity contribution in [1.82, 2.24) is 9.97 Å². The number of hydrogen-bond donors (Lipinski definition) is 2. The van der Waals surface area contributed by atoms with Gasteiger partial charge in [-0.15, -0.1) is 0 Å². The number of hydrogen-bond acceptors (Lipinski definition) is 4. The van der Waals surface area contributed by atoms with E-state index in [1.54, 1.807) is 30.3 Å². The van der Waals surface area contributed by atoms with Crippen LogP contribution >= 0.6 is 23.2 Å². The summed E-state index contributed by atoms with van der Waals surface area (Å²) in [6.07, 6.45) is 0.530. The molecule has 1 aromatic heterocycles. The zero-order valence-corrected chi connectivity index (χ0v) is 14.6. The standard InChI is InChI=1S/C17H13Cl2N3O3/c1-9(16(23)22-13-5-3-11(18)7-12(13)19)25-17(24)10-2-4-14-15(6-10)21-8-20-14/h2-9H,1H3,(H,20,21)(H,22,23). The smallest absolute Gasteiger partial charge is 0.338 e. The first-order chi connectivity index (χ1) is 11.9. The Morgan fingerprint density at radius 2 is 2.00 bits per heavy atom. The van der Waals surface area contributed by atoms with E-state index in [-0.39, 0.29) is 0 Å². The van der Waals surface area contributed by atoms with Gasteiger partial charge in [0.25, 0.3) is 5.91 Å². The number of carbonyl (C=O) groups is 2. The third-order valence-electron chi connectivity index (χ3n) is 3.50. The monoisotopic (exact) mass is 377 g/mol. The molecule has 0 radical (unpaired) electrons. The van der Waals surface area contributed by atoms with E-state index in [4.69, 9.17) is 27.9 Å². The largest absolute Gasteiger partial charge is 0.449 e. The number of aromatic amines is 1. The fourth-order valence-electron chi connectivity index (χ4n) is 2.17. The number of benzene rings is 2. The molecule has 0 aliphatic carbocycles. The minimum absolute atomic E-state index is 0.295. The van der Waals surface area contributed by atoms with Gasteiger partial charge in [-0.05, 0) is 43.3 Å². The van der Waals surface area contributed by atoms with Gasteiger partial charge in [0.05, 0.1) is 33.6 Å². The van der Waals surface area contributed by atoms with Crippen LogP contribution in [0.2, 0.25) is 10.0 Å². The Hall–Kier alpha value is -2.57. The Bertz CT molecular complexity index is 955. The van der Waals surface area contributed by atoms with Crippen LogP contribution in [0.15, 0.2) is 42.7 Å². The molecule has 0 fully saturated rings. The average Bonchev–Trinajstić information content (AvgIpc) is 3.04. The van der Waals surface area contributed by atoms with Crippen molar-refractivity contribution in [2.45, 2.75) is 13.0 Å². The Labute approximate surface area is 153 Å². The fraction of sp³-hybridized carbons (Fsp3) is 0.118. The second kappa shape index (κ2) is 7.13. The summed E-state index contributed by atoms with van der Waals surface area (Å²) in [5, 5.41) is 3.35. The van der Waals surface area contributed by atoms with E-state index in [1.165, 1.54) is 19.3 Å². The van der Waals surface area contributed by atoms with Gasteiger partial charge >= 0.3 is 5.97 Å². The highest BCUT2D eigenvalue weighted by Gasteiger charge is 2.20. The zero-order chi connectivity index (χ0) is 18.0. The number of amides is 1. The van der Waals surface area contributed by atoms with Crippen LogP contribution in [-0.4, -0.2) is 27.9 Å². The van der Waals surface area contributed by atoms with Crippen LogP contribution in [0, 0.1) is 0 Å². The SMILES string of the molecule is CC(OC(=O)c1ccc2nc[nH]c2c1)C(=O)Nc1ccc(Cl)cc1Cl. The number of ether oxygens (including phenoxy) is 1. The molecule has 128 valence electrons. The minimum atomic E-state index is -1.00. The second-order valence-corrected chi connectivity index (χ2v) is 6.14. The van der Waals surface area contributed by atoms with Crippen molar-refractivity contribution in [3.05, 3.63) is 58.3 Å². The van der Waals surface area contributed by atoms with Crippen molar-refractivity contribution < 1.29 is 14.3 Å². The lowest BCUT2D eigenvalue weighted by atomic mass is 10.2. The highest BCUT2D eigenvalue weighted by Crippen LogP contribution is 2.25. The summed E-state index contributed by atoms with van der Waals surface area (Å²) in [6.45, 7) is 1.48. The number of anilines is 1. The Kier molecular flexibility index (Phi) is 4.92. The first-order valence-electron chi connectivity index (χ1n) is 7.34. The molecule has 1 atom stereocenters. The van der Waals surface area contributed by atoms with E-state index in [1.807, 2.05) is 0 Å². The number of fused-ring (bicyclic) bond motifs is 1. The van der Waals surface area contributed by atoms with Crippen LogP contribution in [0.1, 0.15) is 17.3 Å². The number of carbonyl (C=O) groups excluding carboxylic acids is 2. The van der Waals surface area contributed by atoms with Gasteiger partial charge in [-0.25, -0.2) is 9.78 Å². The molecule has 2 aromatic carbocycles. The highest BCUT2D eigenvalue weighted by atomic mass is 35.5. The van der Waals surface area contributed by atoms with Crippen LogP contribution < -0.4 is 5.32 Å². The van der Waals surface area contributed by atoms with E-state index < -0.39 is 18.0 Å². The van der Waals surface area contributed by atoms with Gasteiger partial charge in [-0.2, -0.15) is 0 Å². The van der Waals surface area contributed by atoms with Crippen molar-refractivity contribution in [3.63, 3.8) is 0 Å². The van der Waals surface area contributed by atoms with Crippen LogP contribution in [-0.2, 0) is 9.53 Å². The maximum Gasteiger partial charge on any atom is 0.338 e. The van der Waals surface area contributed by atoms with Gasteiger partial charge in [0, 0.05) is 5.02 Å². The van der Waals surface area contributed by atoms with Crippen LogP contribution in [0.25, 0.3) is 11.0 Å². The van der Waals surface area contributed by atoms with E-state index in [2.05, 4.69) is 15.3 Å². The van der Waals surface area contributed by atoms with Crippen molar-refractivity contribution in [2.24, 2.45) is 0 Å². The molecule has 8 heteroatoms. The lowest BCUT2D eigenvalue weighted by Crippen LogP contribution is -2.30. The van der Waals surface area contributed by atoms with Gasteiger partial charge in [0.15, 0.2) is 6.10 Å². The van der Waals surface area contributed by atoms with Crippen molar-refractivity contribution >= 4 is 51.8 Å². The number of rotatable bonds is 4. The number of aromatic nitrogens is 2. The maximum absolute atomic E-state index is 12.2. The molecular formula is C17H13Cl2N3O3. The van der Waals surface area contributed by atoms with Gasteiger partial charge in [0.1, 0.15) is 0 Å². The van der Waals surface area contributed by atoms with Crippen molar-refractivity contribution in [3.8, 4) is 0 Å². The number of nitrogens with one attached hydrogen (secondary N) is 2. The molecule has 3 rings (SSSR count). The lowest BCUT2D eigenvalue weighted by molar-refractivity contribution is -0.123. The van der Waals surface area contributed by atoms with Gasteiger partial charge in [-0.1, -0.05) is 23.2 Å². The molecule has 0 aliphatic heterocycles. The third kappa shape index (κ3) is 3.92. The molecule has 1 heterocycles. The molecule has 1 unspecified atom stereocenters. The summed E-state index contributed by atoms with van der Waals surface area (Å²) in [6, 6.07) is 9.58. The highest BCUT2D eigenvalue weighted by molar-refractivity contribution is 6.36. The van der Waals surface area contributed by atoms with Crippen LogP contribution in [0.4, 0.5) is 5.69 Å². The first-order valence-corrected chi connectivity index (χ1v) is 8.09.